The Kier molecular flexibility index (Phi) is 5.81. The lowest BCUT2D eigenvalue weighted by Crippen LogP contribution is -2.50. The van der Waals surface area contributed by atoms with E-state index in [2.05, 4.69) is 0 Å². The smallest absolute Gasteiger partial charge is 0.336 e. The Hall–Kier alpha value is -2.99. The van der Waals surface area contributed by atoms with E-state index in [1.54, 1.807) is 0 Å². The van der Waals surface area contributed by atoms with Crippen LogP contribution in [-0.2, 0) is 16.2 Å². The molecule has 1 aliphatic rings. The molecule has 1 fully saturated rings. The number of amides is 1. The first-order valence-corrected chi connectivity index (χ1v) is 10.2. The van der Waals surface area contributed by atoms with E-state index in [9.17, 15) is 36.5 Å². The number of piperazine rings is 1. The van der Waals surface area contributed by atoms with Crippen LogP contribution in [0, 0.1) is 10.1 Å². The van der Waals surface area contributed by atoms with E-state index in [4.69, 9.17) is 0 Å². The Labute approximate surface area is 169 Å². The number of non-ortho nitro benzene ring substituents is 1. The maximum Gasteiger partial charge on any atom is 0.416 e. The van der Waals surface area contributed by atoms with E-state index in [0.717, 1.165) is 46.8 Å². The zero-order chi connectivity index (χ0) is 22.1. The summed E-state index contributed by atoms with van der Waals surface area (Å²) in [5.41, 5.74) is -1.31. The van der Waals surface area contributed by atoms with Crippen molar-refractivity contribution in [3.05, 3.63) is 69.8 Å². The van der Waals surface area contributed by atoms with Gasteiger partial charge in [-0.2, -0.15) is 17.5 Å². The Morgan fingerprint density at radius 1 is 1.00 bits per heavy atom. The summed E-state index contributed by atoms with van der Waals surface area (Å²) in [5.74, 6) is -0.617. The molecule has 0 N–H and O–H groups in total. The van der Waals surface area contributed by atoms with Crippen LogP contribution in [0.4, 0.5) is 18.9 Å². The molecule has 0 atom stereocenters. The molecule has 0 saturated carbocycles. The summed E-state index contributed by atoms with van der Waals surface area (Å²) in [4.78, 5) is 23.8. The van der Waals surface area contributed by atoms with Gasteiger partial charge in [0.1, 0.15) is 0 Å². The van der Waals surface area contributed by atoms with Crippen molar-refractivity contribution in [2.24, 2.45) is 0 Å². The maximum absolute atomic E-state index is 12.9. The highest BCUT2D eigenvalue weighted by Crippen LogP contribution is 2.30. The van der Waals surface area contributed by atoms with Gasteiger partial charge in [-0.25, -0.2) is 8.42 Å². The first-order chi connectivity index (χ1) is 14.0. The van der Waals surface area contributed by atoms with E-state index in [-0.39, 0.29) is 42.3 Å². The number of carbonyl (C=O) groups excluding carboxylic acids is 1. The standard InChI is InChI=1S/C18H16F3N3O5S/c19-18(20,21)14-3-1-2-13(12-14)17(25)22-8-10-23(11-9-22)30(28,29)16-6-4-15(5-7-16)24(26)27/h1-7,12H,8-11H2. The highest BCUT2D eigenvalue weighted by atomic mass is 32.2. The summed E-state index contributed by atoms with van der Waals surface area (Å²) in [6.07, 6.45) is -4.58. The predicted molar refractivity (Wildman–Crippen MR) is 99.2 cm³/mol. The fourth-order valence-electron chi connectivity index (χ4n) is 3.03. The Bertz CT molecular complexity index is 1060. The summed E-state index contributed by atoms with van der Waals surface area (Å²) in [5, 5.41) is 10.7. The maximum atomic E-state index is 12.9. The minimum absolute atomic E-state index is 0.00128. The number of rotatable bonds is 4. The van der Waals surface area contributed by atoms with Gasteiger partial charge in [0, 0.05) is 43.9 Å². The molecule has 1 aliphatic heterocycles. The van der Waals surface area contributed by atoms with E-state index < -0.39 is 32.6 Å². The molecular formula is C18H16F3N3O5S. The summed E-state index contributed by atoms with van der Waals surface area (Å²) in [6.45, 7) is -0.101. The number of hydrogen-bond donors (Lipinski definition) is 0. The second kappa shape index (κ2) is 8.03. The largest absolute Gasteiger partial charge is 0.416 e. The average Bonchev–Trinajstić information content (AvgIpc) is 2.73. The van der Waals surface area contributed by atoms with E-state index in [0.29, 0.717) is 0 Å². The molecule has 0 radical (unpaired) electrons. The van der Waals surface area contributed by atoms with Gasteiger partial charge in [-0.15, -0.1) is 0 Å². The quantitative estimate of drug-likeness (QED) is 0.534. The van der Waals surface area contributed by atoms with Gasteiger partial charge in [0.15, 0.2) is 0 Å². The lowest BCUT2D eigenvalue weighted by atomic mass is 10.1. The molecule has 0 unspecified atom stereocenters. The number of nitro benzene ring substituents is 1. The molecule has 160 valence electrons. The van der Waals surface area contributed by atoms with Gasteiger partial charge in [-0.3, -0.25) is 14.9 Å². The molecule has 30 heavy (non-hydrogen) atoms. The normalized spacial score (nSPS) is 15.8. The highest BCUT2D eigenvalue weighted by Gasteiger charge is 2.33. The Morgan fingerprint density at radius 2 is 1.60 bits per heavy atom. The zero-order valence-electron chi connectivity index (χ0n) is 15.4. The molecule has 2 aromatic rings. The van der Waals surface area contributed by atoms with Crippen LogP contribution in [-0.4, -0.2) is 54.6 Å². The van der Waals surface area contributed by atoms with Crippen molar-refractivity contribution >= 4 is 21.6 Å². The van der Waals surface area contributed by atoms with Crippen molar-refractivity contribution in [3.8, 4) is 0 Å². The number of sulfonamides is 1. The lowest BCUT2D eigenvalue weighted by Gasteiger charge is -2.34. The van der Waals surface area contributed by atoms with E-state index >= 15 is 0 Å². The minimum Gasteiger partial charge on any atom is -0.336 e. The number of alkyl halides is 3. The van der Waals surface area contributed by atoms with E-state index in [1.807, 2.05) is 0 Å². The monoisotopic (exact) mass is 443 g/mol. The van der Waals surface area contributed by atoms with Crippen molar-refractivity contribution in [1.29, 1.82) is 0 Å². The highest BCUT2D eigenvalue weighted by molar-refractivity contribution is 7.89. The van der Waals surface area contributed by atoms with Crippen LogP contribution >= 0.6 is 0 Å². The van der Waals surface area contributed by atoms with E-state index in [1.165, 1.54) is 11.0 Å². The zero-order valence-corrected chi connectivity index (χ0v) is 16.2. The number of nitro groups is 1. The SMILES string of the molecule is O=C(c1cccc(C(F)(F)F)c1)N1CCN(S(=O)(=O)c2ccc([N+](=O)[O-])cc2)CC1. The number of benzene rings is 2. The van der Waals surface area contributed by atoms with Crippen molar-refractivity contribution in [2.45, 2.75) is 11.1 Å². The molecule has 0 aromatic heterocycles. The lowest BCUT2D eigenvalue weighted by molar-refractivity contribution is -0.384. The van der Waals surface area contributed by atoms with Gasteiger partial charge < -0.3 is 4.90 Å². The van der Waals surface area contributed by atoms with Gasteiger partial charge >= 0.3 is 6.18 Å². The fourth-order valence-corrected chi connectivity index (χ4v) is 4.45. The molecule has 2 aromatic carbocycles. The average molecular weight is 443 g/mol. The molecule has 0 bridgehead atoms. The van der Waals surface area contributed by atoms with Crippen molar-refractivity contribution in [3.63, 3.8) is 0 Å². The van der Waals surface area contributed by atoms with Crippen LogP contribution in [0.2, 0.25) is 0 Å². The van der Waals surface area contributed by atoms with Gasteiger partial charge in [-0.05, 0) is 30.3 Å². The summed E-state index contributed by atoms with van der Waals surface area (Å²) >= 11 is 0. The molecule has 8 nitrogen and oxygen atoms in total. The molecule has 0 spiro atoms. The van der Waals surface area contributed by atoms with Crippen LogP contribution in [0.3, 0.4) is 0 Å². The van der Waals surface area contributed by atoms with Crippen molar-refractivity contribution in [2.75, 3.05) is 26.2 Å². The first-order valence-electron chi connectivity index (χ1n) is 8.71. The molecule has 0 aliphatic carbocycles. The topological polar surface area (TPSA) is 101 Å². The molecule has 1 heterocycles. The van der Waals surface area contributed by atoms with Crippen LogP contribution in [0.5, 0.6) is 0 Å². The Balaban J connectivity index is 1.69. The second-order valence-corrected chi connectivity index (χ2v) is 8.46. The third-order valence-electron chi connectivity index (χ3n) is 4.65. The number of nitrogens with zero attached hydrogens (tertiary/aromatic N) is 3. The minimum atomic E-state index is -4.58. The first kappa shape index (κ1) is 21.7. The Morgan fingerprint density at radius 3 is 2.13 bits per heavy atom. The predicted octanol–water partition coefficient (Wildman–Crippen LogP) is 2.76. The number of halogens is 3. The van der Waals surface area contributed by atoms with Crippen LogP contribution < -0.4 is 0 Å². The van der Waals surface area contributed by atoms with Crippen LogP contribution in [0.25, 0.3) is 0 Å². The summed E-state index contributed by atoms with van der Waals surface area (Å²) in [7, 11) is -3.92. The van der Waals surface area contributed by atoms with Crippen molar-refractivity contribution < 1.29 is 31.3 Å². The number of carbonyl (C=O) groups is 1. The van der Waals surface area contributed by atoms with Gasteiger partial charge in [0.05, 0.1) is 15.4 Å². The van der Waals surface area contributed by atoms with Gasteiger partial charge in [0.25, 0.3) is 11.6 Å². The van der Waals surface area contributed by atoms with Crippen LogP contribution in [0.15, 0.2) is 53.4 Å². The molecule has 12 heteroatoms. The third-order valence-corrected chi connectivity index (χ3v) is 6.56. The molecule has 3 rings (SSSR count). The van der Waals surface area contributed by atoms with Crippen molar-refractivity contribution in [1.82, 2.24) is 9.21 Å². The van der Waals surface area contributed by atoms with Gasteiger partial charge in [0.2, 0.25) is 10.0 Å². The second-order valence-electron chi connectivity index (χ2n) is 6.53. The van der Waals surface area contributed by atoms with Crippen LogP contribution in [0.1, 0.15) is 15.9 Å². The fraction of sp³-hybridized carbons (Fsp3) is 0.278. The summed E-state index contributed by atoms with van der Waals surface area (Å²) in [6, 6.07) is 8.48. The molecule has 1 saturated heterocycles. The third kappa shape index (κ3) is 4.44. The van der Waals surface area contributed by atoms with Gasteiger partial charge in [-0.1, -0.05) is 6.07 Å². The summed E-state index contributed by atoms with van der Waals surface area (Å²) < 4.78 is 65.1. The molecule has 1 amide bonds. The molecular weight excluding hydrogens is 427 g/mol. The number of hydrogen-bond acceptors (Lipinski definition) is 5.